The van der Waals surface area contributed by atoms with E-state index in [9.17, 15) is 9.59 Å². The zero-order valence-corrected chi connectivity index (χ0v) is 14.2. The molecule has 0 radical (unpaired) electrons. The fourth-order valence-electron chi connectivity index (χ4n) is 2.20. The van der Waals surface area contributed by atoms with Crippen LogP contribution in [-0.4, -0.2) is 25.5 Å². The van der Waals surface area contributed by atoms with E-state index in [2.05, 4.69) is 5.32 Å². The standard InChI is InChI=1S/C17H19NO4.ClH/c1-11(19)21-16-9-14-5-4-13(6-7-18-3)8-15(14)10-17(16)22-12(2)20;/h4-5,8-10,18H,6-7H2,1-3H3;1H. The highest BCUT2D eigenvalue weighted by Gasteiger charge is 2.12. The molecule has 0 aliphatic carbocycles. The normalized spacial score (nSPS) is 10.0. The zero-order chi connectivity index (χ0) is 16.1. The highest BCUT2D eigenvalue weighted by atomic mass is 35.5. The number of nitrogens with one attached hydrogen (secondary N) is 1. The van der Waals surface area contributed by atoms with E-state index in [0.29, 0.717) is 0 Å². The Bertz CT molecular complexity index is 715. The summed E-state index contributed by atoms with van der Waals surface area (Å²) < 4.78 is 10.3. The Labute approximate surface area is 141 Å². The monoisotopic (exact) mass is 337 g/mol. The van der Waals surface area contributed by atoms with Gasteiger partial charge in [0.15, 0.2) is 11.5 Å². The quantitative estimate of drug-likeness (QED) is 0.671. The van der Waals surface area contributed by atoms with Crippen LogP contribution in [-0.2, 0) is 16.0 Å². The maximum atomic E-state index is 11.2. The van der Waals surface area contributed by atoms with E-state index >= 15 is 0 Å². The molecule has 6 heteroatoms. The molecule has 0 bridgehead atoms. The summed E-state index contributed by atoms with van der Waals surface area (Å²) in [5.41, 5.74) is 1.18. The minimum Gasteiger partial charge on any atom is -0.423 e. The Kier molecular flexibility index (Phi) is 7.00. The molecule has 23 heavy (non-hydrogen) atoms. The summed E-state index contributed by atoms with van der Waals surface area (Å²) in [5.74, 6) is -0.420. The third-order valence-electron chi connectivity index (χ3n) is 3.14. The van der Waals surface area contributed by atoms with Crippen molar-refractivity contribution in [1.29, 1.82) is 0 Å². The van der Waals surface area contributed by atoms with Gasteiger partial charge in [-0.05, 0) is 48.5 Å². The number of benzene rings is 2. The van der Waals surface area contributed by atoms with E-state index in [0.717, 1.165) is 23.7 Å². The molecule has 1 N–H and O–H groups in total. The predicted molar refractivity (Wildman–Crippen MR) is 91.4 cm³/mol. The minimum absolute atomic E-state index is 0. The maximum Gasteiger partial charge on any atom is 0.308 e. The zero-order valence-electron chi connectivity index (χ0n) is 13.3. The lowest BCUT2D eigenvalue weighted by atomic mass is 10.0. The van der Waals surface area contributed by atoms with Gasteiger partial charge in [-0.2, -0.15) is 0 Å². The van der Waals surface area contributed by atoms with Gasteiger partial charge in [-0.3, -0.25) is 9.59 Å². The number of likely N-dealkylation sites (N-methyl/N-ethyl adjacent to an activating group) is 1. The second-order valence-electron chi connectivity index (χ2n) is 5.02. The van der Waals surface area contributed by atoms with Gasteiger partial charge in [-0.25, -0.2) is 0 Å². The first-order valence-electron chi connectivity index (χ1n) is 7.07. The SMILES string of the molecule is CNCCc1ccc2cc(OC(C)=O)c(OC(C)=O)cc2c1.Cl. The third kappa shape index (κ3) is 5.23. The molecular formula is C17H20ClNO4. The number of hydrogen-bond acceptors (Lipinski definition) is 5. The Hall–Kier alpha value is -2.11. The molecule has 5 nitrogen and oxygen atoms in total. The van der Waals surface area contributed by atoms with Gasteiger partial charge in [0.1, 0.15) is 0 Å². The molecule has 2 aromatic rings. The first-order chi connectivity index (χ1) is 10.5. The van der Waals surface area contributed by atoms with E-state index < -0.39 is 11.9 Å². The fraction of sp³-hybridized carbons (Fsp3) is 0.294. The molecule has 0 saturated heterocycles. The van der Waals surface area contributed by atoms with Crippen LogP contribution in [0.25, 0.3) is 10.8 Å². The van der Waals surface area contributed by atoms with Crippen LogP contribution in [0.2, 0.25) is 0 Å². The number of rotatable bonds is 5. The van der Waals surface area contributed by atoms with Crippen LogP contribution < -0.4 is 14.8 Å². The van der Waals surface area contributed by atoms with Crippen LogP contribution in [0.4, 0.5) is 0 Å². The van der Waals surface area contributed by atoms with E-state index in [1.54, 1.807) is 12.1 Å². The van der Waals surface area contributed by atoms with E-state index in [4.69, 9.17) is 9.47 Å². The third-order valence-corrected chi connectivity index (χ3v) is 3.14. The fourth-order valence-corrected chi connectivity index (χ4v) is 2.20. The lowest BCUT2D eigenvalue weighted by Gasteiger charge is -2.11. The molecule has 0 fully saturated rings. The van der Waals surface area contributed by atoms with E-state index in [-0.39, 0.29) is 23.9 Å². The van der Waals surface area contributed by atoms with Gasteiger partial charge in [0, 0.05) is 13.8 Å². The highest BCUT2D eigenvalue weighted by molar-refractivity contribution is 5.88. The summed E-state index contributed by atoms with van der Waals surface area (Å²) in [5, 5.41) is 4.95. The van der Waals surface area contributed by atoms with Crippen LogP contribution >= 0.6 is 12.4 Å². The van der Waals surface area contributed by atoms with Gasteiger partial charge < -0.3 is 14.8 Å². The van der Waals surface area contributed by atoms with Crippen molar-refractivity contribution in [1.82, 2.24) is 5.32 Å². The van der Waals surface area contributed by atoms with Crippen molar-refractivity contribution in [2.45, 2.75) is 20.3 Å². The summed E-state index contributed by atoms with van der Waals surface area (Å²) in [6.45, 7) is 3.50. The average Bonchev–Trinajstić information content (AvgIpc) is 2.44. The van der Waals surface area contributed by atoms with Crippen molar-refractivity contribution < 1.29 is 19.1 Å². The number of carbonyl (C=O) groups excluding carboxylic acids is 2. The van der Waals surface area contributed by atoms with Gasteiger partial charge in [-0.1, -0.05) is 18.2 Å². The highest BCUT2D eigenvalue weighted by Crippen LogP contribution is 2.33. The smallest absolute Gasteiger partial charge is 0.308 e. The molecule has 0 aliphatic heterocycles. The molecular weight excluding hydrogens is 318 g/mol. The molecule has 0 saturated carbocycles. The number of carbonyl (C=O) groups is 2. The topological polar surface area (TPSA) is 64.6 Å². The van der Waals surface area contributed by atoms with Gasteiger partial charge in [0.05, 0.1) is 0 Å². The van der Waals surface area contributed by atoms with Crippen molar-refractivity contribution >= 4 is 35.1 Å². The summed E-state index contributed by atoms with van der Waals surface area (Å²) in [7, 11) is 1.91. The Morgan fingerprint density at radius 2 is 1.52 bits per heavy atom. The Balaban J connectivity index is 0.00000264. The number of ether oxygens (including phenoxy) is 2. The van der Waals surface area contributed by atoms with E-state index in [1.165, 1.54) is 19.4 Å². The molecule has 0 heterocycles. The summed E-state index contributed by atoms with van der Waals surface area (Å²) in [6.07, 6.45) is 0.904. The average molecular weight is 338 g/mol. The summed E-state index contributed by atoms with van der Waals surface area (Å²) in [6, 6.07) is 9.46. The predicted octanol–water partition coefficient (Wildman–Crippen LogP) is 2.87. The molecule has 124 valence electrons. The molecule has 0 unspecified atom stereocenters. The molecule has 2 rings (SSSR count). The second kappa shape index (κ2) is 8.50. The molecule has 2 aromatic carbocycles. The van der Waals surface area contributed by atoms with Crippen LogP contribution in [0.5, 0.6) is 11.5 Å². The summed E-state index contributed by atoms with van der Waals surface area (Å²) in [4.78, 5) is 22.4. The largest absolute Gasteiger partial charge is 0.423 e. The van der Waals surface area contributed by atoms with Crippen LogP contribution in [0.15, 0.2) is 30.3 Å². The van der Waals surface area contributed by atoms with Gasteiger partial charge >= 0.3 is 11.9 Å². The van der Waals surface area contributed by atoms with Crippen LogP contribution in [0, 0.1) is 0 Å². The summed E-state index contributed by atoms with van der Waals surface area (Å²) >= 11 is 0. The van der Waals surface area contributed by atoms with Crippen molar-refractivity contribution in [3.8, 4) is 11.5 Å². The van der Waals surface area contributed by atoms with Crippen molar-refractivity contribution in [2.24, 2.45) is 0 Å². The van der Waals surface area contributed by atoms with Crippen molar-refractivity contribution in [3.05, 3.63) is 35.9 Å². The maximum absolute atomic E-state index is 11.2. The Morgan fingerprint density at radius 1 is 0.957 bits per heavy atom. The number of hydrogen-bond donors (Lipinski definition) is 1. The first-order valence-corrected chi connectivity index (χ1v) is 7.07. The molecule has 0 atom stereocenters. The minimum atomic E-state index is -0.460. The molecule has 0 spiro atoms. The number of esters is 2. The van der Waals surface area contributed by atoms with Gasteiger partial charge in [0.25, 0.3) is 0 Å². The van der Waals surface area contributed by atoms with Crippen molar-refractivity contribution in [3.63, 3.8) is 0 Å². The molecule has 0 aromatic heterocycles. The van der Waals surface area contributed by atoms with Gasteiger partial charge in [-0.15, -0.1) is 12.4 Å². The molecule has 0 amide bonds. The van der Waals surface area contributed by atoms with Crippen LogP contribution in [0.1, 0.15) is 19.4 Å². The number of halogens is 1. The van der Waals surface area contributed by atoms with E-state index in [1.807, 2.05) is 25.2 Å². The van der Waals surface area contributed by atoms with Crippen molar-refractivity contribution in [2.75, 3.05) is 13.6 Å². The lowest BCUT2D eigenvalue weighted by molar-refractivity contribution is -0.134. The van der Waals surface area contributed by atoms with Crippen LogP contribution in [0.3, 0.4) is 0 Å². The Morgan fingerprint density at radius 3 is 2.04 bits per heavy atom. The lowest BCUT2D eigenvalue weighted by Crippen LogP contribution is -2.10. The second-order valence-corrected chi connectivity index (χ2v) is 5.02. The molecule has 0 aliphatic rings. The first kappa shape index (κ1) is 18.9. The number of fused-ring (bicyclic) bond motifs is 1. The van der Waals surface area contributed by atoms with Gasteiger partial charge in [0.2, 0.25) is 0 Å².